The second kappa shape index (κ2) is 5.13. The molecule has 2 heterocycles. The lowest BCUT2D eigenvalue weighted by atomic mass is 10.2. The van der Waals surface area contributed by atoms with Crippen LogP contribution in [0.5, 0.6) is 0 Å². The van der Waals surface area contributed by atoms with Crippen LogP contribution in [0.25, 0.3) is 5.76 Å². The summed E-state index contributed by atoms with van der Waals surface area (Å²) in [5, 5.41) is 16.6. The van der Waals surface area contributed by atoms with Crippen LogP contribution in [0.3, 0.4) is 0 Å². The highest BCUT2D eigenvalue weighted by Crippen LogP contribution is 2.34. The minimum Gasteiger partial charge on any atom is -0.505 e. The molecule has 0 radical (unpaired) electrons. The van der Waals surface area contributed by atoms with E-state index in [9.17, 15) is 18.3 Å². The molecule has 0 spiro atoms. The van der Waals surface area contributed by atoms with Crippen LogP contribution in [0, 0.1) is 0 Å². The first-order chi connectivity index (χ1) is 10.8. The van der Waals surface area contributed by atoms with Crippen molar-refractivity contribution in [3.8, 4) is 0 Å². The number of aryl methyl sites for hydroxylation is 1. The normalized spacial score (nSPS) is 16.2. The predicted octanol–water partition coefficient (Wildman–Crippen LogP) is 0.919. The van der Waals surface area contributed by atoms with E-state index in [1.807, 2.05) is 0 Å². The van der Waals surface area contributed by atoms with Crippen LogP contribution in [0.1, 0.15) is 5.56 Å². The SMILES string of the molecule is CN1C(C(=O)Nc2ccccc2)=C(O)c2cnn(C)c2S1(=O)=O. The van der Waals surface area contributed by atoms with Crippen molar-refractivity contribution in [3.05, 3.63) is 47.8 Å². The number of carbonyl (C=O) groups is 1. The van der Waals surface area contributed by atoms with Gasteiger partial charge in [0.05, 0.1) is 11.8 Å². The maximum absolute atomic E-state index is 12.5. The Morgan fingerprint density at radius 2 is 1.87 bits per heavy atom. The quantitative estimate of drug-likeness (QED) is 0.850. The van der Waals surface area contributed by atoms with Gasteiger partial charge >= 0.3 is 0 Å². The van der Waals surface area contributed by atoms with E-state index in [1.54, 1.807) is 30.3 Å². The molecular weight excluding hydrogens is 320 g/mol. The molecule has 0 atom stereocenters. The largest absolute Gasteiger partial charge is 0.505 e. The summed E-state index contributed by atoms with van der Waals surface area (Å²) < 4.78 is 27.0. The number of likely N-dealkylation sites (N-methyl/N-ethyl adjacent to an activating group) is 1. The molecule has 0 unspecified atom stereocenters. The van der Waals surface area contributed by atoms with Crippen molar-refractivity contribution in [2.45, 2.75) is 5.03 Å². The highest BCUT2D eigenvalue weighted by molar-refractivity contribution is 7.89. The number of amides is 1. The van der Waals surface area contributed by atoms with Crippen molar-refractivity contribution >= 4 is 27.4 Å². The number of aliphatic hydroxyl groups excluding tert-OH is 1. The van der Waals surface area contributed by atoms with Gasteiger partial charge in [-0.3, -0.25) is 13.8 Å². The van der Waals surface area contributed by atoms with Gasteiger partial charge in [0.1, 0.15) is 0 Å². The summed E-state index contributed by atoms with van der Waals surface area (Å²) >= 11 is 0. The molecule has 9 heteroatoms. The van der Waals surface area contributed by atoms with E-state index in [0.29, 0.717) is 5.69 Å². The number of rotatable bonds is 2. The topological polar surface area (TPSA) is 105 Å². The van der Waals surface area contributed by atoms with Crippen molar-refractivity contribution < 1.29 is 18.3 Å². The molecule has 2 aromatic rings. The predicted molar refractivity (Wildman–Crippen MR) is 82.8 cm³/mol. The number of aliphatic hydroxyl groups is 1. The number of fused-ring (bicyclic) bond motifs is 1. The zero-order valence-corrected chi connectivity index (χ0v) is 13.2. The summed E-state index contributed by atoms with van der Waals surface area (Å²) in [6, 6.07) is 8.55. The average Bonchev–Trinajstić information content (AvgIpc) is 2.90. The van der Waals surface area contributed by atoms with E-state index in [-0.39, 0.29) is 16.3 Å². The zero-order chi connectivity index (χ0) is 16.8. The Hall–Kier alpha value is -2.81. The second-order valence-electron chi connectivity index (χ2n) is 4.98. The summed E-state index contributed by atoms with van der Waals surface area (Å²) in [6.45, 7) is 0. The molecule has 3 rings (SSSR count). The number of sulfonamides is 1. The molecule has 23 heavy (non-hydrogen) atoms. The van der Waals surface area contributed by atoms with Gasteiger partial charge in [0.25, 0.3) is 15.9 Å². The van der Waals surface area contributed by atoms with Gasteiger partial charge in [-0.05, 0) is 12.1 Å². The van der Waals surface area contributed by atoms with E-state index in [2.05, 4.69) is 10.4 Å². The van der Waals surface area contributed by atoms with Gasteiger partial charge < -0.3 is 10.4 Å². The fraction of sp³-hybridized carbons (Fsp3) is 0.143. The van der Waals surface area contributed by atoms with Crippen LogP contribution >= 0.6 is 0 Å². The third-order valence-electron chi connectivity index (χ3n) is 3.53. The van der Waals surface area contributed by atoms with Crippen molar-refractivity contribution in [2.24, 2.45) is 7.05 Å². The van der Waals surface area contributed by atoms with Gasteiger partial charge in [-0.15, -0.1) is 0 Å². The fourth-order valence-corrected chi connectivity index (χ4v) is 3.86. The molecule has 0 saturated carbocycles. The Balaban J connectivity index is 2.10. The summed E-state index contributed by atoms with van der Waals surface area (Å²) in [7, 11) is -1.31. The number of hydrogen-bond donors (Lipinski definition) is 2. The molecule has 1 aromatic heterocycles. The monoisotopic (exact) mass is 334 g/mol. The molecule has 0 saturated heterocycles. The van der Waals surface area contributed by atoms with Gasteiger partial charge in [0.2, 0.25) is 0 Å². The summed E-state index contributed by atoms with van der Waals surface area (Å²) in [6.07, 6.45) is 1.21. The van der Waals surface area contributed by atoms with Gasteiger partial charge in [-0.2, -0.15) is 13.5 Å². The number of nitrogens with one attached hydrogen (secondary N) is 1. The van der Waals surface area contributed by atoms with Crippen LogP contribution < -0.4 is 5.32 Å². The van der Waals surface area contributed by atoms with E-state index < -0.39 is 21.7 Å². The Bertz CT molecular complexity index is 916. The van der Waals surface area contributed by atoms with Gasteiger partial charge in [-0.25, -0.2) is 0 Å². The highest BCUT2D eigenvalue weighted by atomic mass is 32.2. The standard InChI is InChI=1S/C14H14N4O4S/c1-17-14-10(8-15-17)12(19)11(18(2)23(14,21)22)13(20)16-9-6-4-3-5-7-9/h3-8,19H,1-2H3,(H,16,20). The number of carbonyl (C=O) groups excluding carboxylic acids is 1. The summed E-state index contributed by atoms with van der Waals surface area (Å²) in [5.74, 6) is -1.16. The molecule has 8 nitrogen and oxygen atoms in total. The second-order valence-corrected chi connectivity index (χ2v) is 6.86. The fourth-order valence-electron chi connectivity index (χ4n) is 2.38. The van der Waals surface area contributed by atoms with E-state index >= 15 is 0 Å². The van der Waals surface area contributed by atoms with Gasteiger partial charge in [-0.1, -0.05) is 18.2 Å². The van der Waals surface area contributed by atoms with E-state index in [0.717, 1.165) is 8.99 Å². The van der Waals surface area contributed by atoms with Crippen LogP contribution in [0.4, 0.5) is 5.69 Å². The summed E-state index contributed by atoms with van der Waals surface area (Å²) in [5.41, 5.74) is 0.138. The van der Waals surface area contributed by atoms with Crippen LogP contribution in [0.15, 0.2) is 47.3 Å². The lowest BCUT2D eigenvalue weighted by Gasteiger charge is -2.27. The van der Waals surface area contributed by atoms with E-state index in [4.69, 9.17) is 0 Å². The van der Waals surface area contributed by atoms with Gasteiger partial charge in [0, 0.05) is 19.8 Å². The molecule has 1 amide bonds. The number of hydrogen-bond acceptors (Lipinski definition) is 5. The minimum absolute atomic E-state index is 0.00353. The van der Waals surface area contributed by atoms with Crippen molar-refractivity contribution in [1.82, 2.24) is 14.1 Å². The first-order valence-electron chi connectivity index (χ1n) is 6.65. The molecule has 0 fully saturated rings. The number of nitrogens with zero attached hydrogens (tertiary/aromatic N) is 3. The molecule has 1 aliphatic heterocycles. The molecule has 0 aliphatic carbocycles. The molecule has 2 N–H and O–H groups in total. The van der Waals surface area contributed by atoms with Crippen LogP contribution in [0.2, 0.25) is 0 Å². The van der Waals surface area contributed by atoms with Gasteiger partial charge in [0.15, 0.2) is 16.5 Å². The summed E-state index contributed by atoms with van der Waals surface area (Å²) in [4.78, 5) is 12.4. The molecule has 1 aliphatic rings. The third-order valence-corrected chi connectivity index (χ3v) is 5.41. The number of benzene rings is 1. The Kier molecular flexibility index (Phi) is 3.37. The smallest absolute Gasteiger partial charge is 0.282 e. The number of aromatic nitrogens is 2. The van der Waals surface area contributed by atoms with E-state index in [1.165, 1.54) is 20.3 Å². The highest BCUT2D eigenvalue weighted by Gasteiger charge is 2.40. The Morgan fingerprint density at radius 3 is 2.52 bits per heavy atom. The lowest BCUT2D eigenvalue weighted by Crippen LogP contribution is -2.37. The van der Waals surface area contributed by atoms with Crippen molar-refractivity contribution in [3.63, 3.8) is 0 Å². The zero-order valence-electron chi connectivity index (χ0n) is 12.4. The first-order valence-corrected chi connectivity index (χ1v) is 8.09. The maximum atomic E-state index is 12.5. The van der Waals surface area contributed by atoms with Crippen LogP contribution in [-0.4, -0.2) is 40.6 Å². The first kappa shape index (κ1) is 15.1. The molecule has 0 bridgehead atoms. The van der Waals surface area contributed by atoms with Crippen molar-refractivity contribution in [2.75, 3.05) is 12.4 Å². The Labute approximate surface area is 132 Å². The number of anilines is 1. The average molecular weight is 334 g/mol. The molecular formula is C14H14N4O4S. The maximum Gasteiger partial charge on any atom is 0.282 e. The molecule has 120 valence electrons. The number of para-hydroxylation sites is 1. The third kappa shape index (κ3) is 2.25. The van der Waals surface area contributed by atoms with Crippen molar-refractivity contribution in [1.29, 1.82) is 0 Å². The lowest BCUT2D eigenvalue weighted by molar-refractivity contribution is -0.113. The Morgan fingerprint density at radius 1 is 1.22 bits per heavy atom. The van der Waals surface area contributed by atoms with Crippen LogP contribution in [-0.2, 0) is 21.9 Å². The minimum atomic E-state index is -3.97. The molecule has 1 aromatic carbocycles.